The smallest absolute Gasteiger partial charge is 0.408 e. The fourth-order valence-corrected chi connectivity index (χ4v) is 2.29. The Labute approximate surface area is 120 Å². The summed E-state index contributed by atoms with van der Waals surface area (Å²) in [6.07, 6.45) is 0. The third kappa shape index (κ3) is 2.08. The van der Waals surface area contributed by atoms with Crippen molar-refractivity contribution in [2.45, 2.75) is 0 Å². The highest BCUT2D eigenvalue weighted by Gasteiger charge is 2.16. The molecule has 0 bridgehead atoms. The minimum Gasteiger partial charge on any atom is -0.408 e. The van der Waals surface area contributed by atoms with Gasteiger partial charge in [0.1, 0.15) is 5.82 Å². The van der Waals surface area contributed by atoms with E-state index >= 15 is 0 Å². The van der Waals surface area contributed by atoms with E-state index in [0.717, 1.165) is 0 Å². The van der Waals surface area contributed by atoms with Crippen LogP contribution in [0.4, 0.5) is 4.39 Å². The van der Waals surface area contributed by atoms with Crippen LogP contribution in [0.25, 0.3) is 11.1 Å². The Morgan fingerprint density at radius 2 is 2.05 bits per heavy atom. The number of benzene rings is 2. The number of H-pyrrole nitrogens is 1. The number of oxazole rings is 1. The number of fused-ring (bicyclic) bond motifs is 1. The lowest BCUT2D eigenvalue weighted by atomic mass is 10.0. The van der Waals surface area contributed by atoms with Gasteiger partial charge in [0.25, 0.3) is 0 Å². The highest BCUT2D eigenvalue weighted by Crippen LogP contribution is 2.22. The maximum Gasteiger partial charge on any atom is 0.417 e. The topological polar surface area (TPSA) is 63.1 Å². The summed E-state index contributed by atoms with van der Waals surface area (Å²) in [4.78, 5) is 25.8. The Morgan fingerprint density at radius 3 is 2.85 bits per heavy atom. The van der Waals surface area contributed by atoms with Crippen LogP contribution < -0.4 is 5.76 Å². The predicted octanol–water partition coefficient (Wildman–Crippen LogP) is 3.25. The van der Waals surface area contributed by atoms with Gasteiger partial charge < -0.3 is 4.42 Å². The Kier molecular flexibility index (Phi) is 3.02. The third-order valence-corrected chi connectivity index (χ3v) is 3.49. The van der Waals surface area contributed by atoms with Crippen LogP contribution in [0.5, 0.6) is 0 Å². The summed E-state index contributed by atoms with van der Waals surface area (Å²) >= 11 is 3.04. The minimum absolute atomic E-state index is 0.0448. The van der Waals surface area contributed by atoms with Crippen molar-refractivity contribution in [2.24, 2.45) is 0 Å². The molecule has 0 spiro atoms. The van der Waals surface area contributed by atoms with E-state index < -0.39 is 17.4 Å². The van der Waals surface area contributed by atoms with Crippen LogP contribution in [0.3, 0.4) is 0 Å². The lowest BCUT2D eigenvalue weighted by Gasteiger charge is -2.04. The molecule has 1 heterocycles. The summed E-state index contributed by atoms with van der Waals surface area (Å²) in [6.45, 7) is 0. The lowest BCUT2D eigenvalue weighted by Crippen LogP contribution is -2.04. The number of hydrogen-bond donors (Lipinski definition) is 1. The van der Waals surface area contributed by atoms with Gasteiger partial charge in [-0.3, -0.25) is 9.78 Å². The molecule has 1 aromatic heterocycles. The van der Waals surface area contributed by atoms with E-state index in [-0.39, 0.29) is 21.2 Å². The quantitative estimate of drug-likeness (QED) is 0.731. The maximum absolute atomic E-state index is 13.9. The van der Waals surface area contributed by atoms with Crippen LogP contribution in [-0.2, 0) is 0 Å². The van der Waals surface area contributed by atoms with Gasteiger partial charge in [-0.15, -0.1) is 0 Å². The zero-order chi connectivity index (χ0) is 14.3. The molecule has 0 radical (unpaired) electrons. The maximum atomic E-state index is 13.9. The number of ketones is 1. The van der Waals surface area contributed by atoms with Crippen molar-refractivity contribution in [3.63, 3.8) is 0 Å². The first-order valence-corrected chi connectivity index (χ1v) is 6.47. The van der Waals surface area contributed by atoms with Crippen molar-refractivity contribution in [3.8, 4) is 0 Å². The molecule has 0 saturated carbocycles. The van der Waals surface area contributed by atoms with E-state index in [0.29, 0.717) is 5.52 Å². The molecule has 0 aliphatic carbocycles. The van der Waals surface area contributed by atoms with Gasteiger partial charge in [-0.2, -0.15) is 0 Å². The van der Waals surface area contributed by atoms with Crippen LogP contribution in [-0.4, -0.2) is 10.8 Å². The van der Waals surface area contributed by atoms with Gasteiger partial charge in [0.15, 0.2) is 11.4 Å². The highest BCUT2D eigenvalue weighted by atomic mass is 79.9. The van der Waals surface area contributed by atoms with E-state index in [1.165, 1.54) is 24.3 Å². The molecule has 3 aromatic rings. The molecule has 20 heavy (non-hydrogen) atoms. The monoisotopic (exact) mass is 335 g/mol. The number of carbonyl (C=O) groups is 1. The number of nitrogens with one attached hydrogen (secondary N) is 1. The summed E-state index contributed by atoms with van der Waals surface area (Å²) in [5, 5.41) is 0. The summed E-state index contributed by atoms with van der Waals surface area (Å²) in [5.41, 5.74) is 0.950. The van der Waals surface area contributed by atoms with Crippen LogP contribution >= 0.6 is 15.9 Å². The first-order valence-electron chi connectivity index (χ1n) is 5.68. The Morgan fingerprint density at radius 1 is 1.25 bits per heavy atom. The molecular weight excluding hydrogens is 329 g/mol. The fourth-order valence-electron chi connectivity index (χ4n) is 1.92. The normalized spacial score (nSPS) is 10.9. The molecule has 100 valence electrons. The van der Waals surface area contributed by atoms with E-state index in [1.54, 1.807) is 12.1 Å². The van der Waals surface area contributed by atoms with E-state index in [9.17, 15) is 14.0 Å². The molecule has 0 unspecified atom stereocenters. The molecule has 6 heteroatoms. The van der Waals surface area contributed by atoms with Crippen molar-refractivity contribution in [2.75, 3.05) is 0 Å². The second-order valence-electron chi connectivity index (χ2n) is 4.16. The lowest BCUT2D eigenvalue weighted by molar-refractivity contribution is 0.103. The second kappa shape index (κ2) is 4.72. The van der Waals surface area contributed by atoms with Gasteiger partial charge in [-0.25, -0.2) is 9.18 Å². The van der Waals surface area contributed by atoms with Crippen molar-refractivity contribution in [1.29, 1.82) is 0 Å². The molecule has 4 nitrogen and oxygen atoms in total. The summed E-state index contributed by atoms with van der Waals surface area (Å²) in [6, 6.07) is 8.96. The zero-order valence-electron chi connectivity index (χ0n) is 9.94. The van der Waals surface area contributed by atoms with Gasteiger partial charge in [0, 0.05) is 5.56 Å². The molecule has 3 rings (SSSR count). The Hall–Kier alpha value is -2.21. The molecule has 0 atom stereocenters. The number of hydrogen-bond acceptors (Lipinski definition) is 3. The largest absolute Gasteiger partial charge is 0.417 e. The van der Waals surface area contributed by atoms with Gasteiger partial charge >= 0.3 is 5.76 Å². The average Bonchev–Trinajstić information content (AvgIpc) is 2.80. The predicted molar refractivity (Wildman–Crippen MR) is 74.4 cm³/mol. The van der Waals surface area contributed by atoms with Crippen molar-refractivity contribution in [3.05, 3.63) is 68.4 Å². The van der Waals surface area contributed by atoms with E-state index in [1.807, 2.05) is 0 Å². The molecule has 0 aliphatic heterocycles. The van der Waals surface area contributed by atoms with Gasteiger partial charge in [-0.05, 0) is 46.3 Å². The van der Waals surface area contributed by atoms with Gasteiger partial charge in [0.2, 0.25) is 0 Å². The number of rotatable bonds is 2. The first kappa shape index (κ1) is 12.8. The van der Waals surface area contributed by atoms with E-state index in [4.69, 9.17) is 4.42 Å². The standard InChI is InChI=1S/C14H7BrFNO3/c15-9-3-1-2-8(12(9)16)13(18)7-4-5-10-11(6-7)20-14(19)17-10/h1-6H,(H,17,19). The van der Waals surface area contributed by atoms with Crippen molar-refractivity contribution in [1.82, 2.24) is 4.98 Å². The van der Waals surface area contributed by atoms with Crippen molar-refractivity contribution < 1.29 is 13.6 Å². The number of aromatic nitrogens is 1. The van der Waals surface area contributed by atoms with Crippen molar-refractivity contribution >= 4 is 32.8 Å². The van der Waals surface area contributed by atoms with Crippen LogP contribution in [0.15, 0.2) is 50.1 Å². The first-order chi connectivity index (χ1) is 9.56. The SMILES string of the molecule is O=C(c1ccc2[nH]c(=O)oc2c1)c1cccc(Br)c1F. The molecule has 2 aromatic carbocycles. The van der Waals surface area contributed by atoms with Crippen LogP contribution in [0.2, 0.25) is 0 Å². The van der Waals surface area contributed by atoms with Crippen LogP contribution in [0, 0.1) is 5.82 Å². The molecular formula is C14H7BrFNO3. The summed E-state index contributed by atoms with van der Waals surface area (Å²) < 4.78 is 19.0. The zero-order valence-corrected chi connectivity index (χ0v) is 11.5. The molecule has 1 N–H and O–H groups in total. The highest BCUT2D eigenvalue weighted by molar-refractivity contribution is 9.10. The molecule has 0 aliphatic rings. The summed E-state index contributed by atoms with van der Waals surface area (Å²) in [5.74, 6) is -1.69. The Balaban J connectivity index is 2.12. The fraction of sp³-hybridized carbons (Fsp3) is 0. The minimum atomic E-state index is -0.617. The third-order valence-electron chi connectivity index (χ3n) is 2.88. The van der Waals surface area contributed by atoms with E-state index in [2.05, 4.69) is 20.9 Å². The van der Waals surface area contributed by atoms with Gasteiger partial charge in [-0.1, -0.05) is 6.07 Å². The Bertz CT molecular complexity index is 882. The molecule has 0 saturated heterocycles. The number of carbonyl (C=O) groups excluding carboxylic acids is 1. The van der Waals surface area contributed by atoms with Gasteiger partial charge in [0.05, 0.1) is 15.6 Å². The molecule has 0 fully saturated rings. The summed E-state index contributed by atoms with van der Waals surface area (Å²) in [7, 11) is 0. The number of aromatic amines is 1. The molecule has 0 amide bonds. The number of halogens is 2. The van der Waals surface area contributed by atoms with Crippen LogP contribution in [0.1, 0.15) is 15.9 Å². The second-order valence-corrected chi connectivity index (χ2v) is 5.01. The average molecular weight is 336 g/mol.